The Balaban J connectivity index is 1.18. The lowest BCUT2D eigenvalue weighted by Gasteiger charge is -2.42. The highest BCUT2D eigenvalue weighted by Crippen LogP contribution is 2.34. The van der Waals surface area contributed by atoms with Gasteiger partial charge in [0.2, 0.25) is 0 Å². The van der Waals surface area contributed by atoms with Crippen LogP contribution in [0.25, 0.3) is 10.9 Å². The van der Waals surface area contributed by atoms with Gasteiger partial charge in [0.05, 0.1) is 5.52 Å². The molecule has 0 spiro atoms. The first-order valence-electron chi connectivity index (χ1n) is 10.4. The number of aromatic nitrogens is 3. The van der Waals surface area contributed by atoms with Crippen LogP contribution in [0.3, 0.4) is 0 Å². The van der Waals surface area contributed by atoms with Crippen molar-refractivity contribution < 1.29 is 4.39 Å². The molecule has 0 bridgehead atoms. The number of piperazine rings is 1. The molecule has 7 heteroatoms. The molecule has 3 heterocycles. The molecule has 5 nitrogen and oxygen atoms in total. The van der Waals surface area contributed by atoms with E-state index in [0.29, 0.717) is 17.2 Å². The van der Waals surface area contributed by atoms with E-state index in [1.54, 1.807) is 12.1 Å². The third-order valence-corrected chi connectivity index (χ3v) is 6.74. The van der Waals surface area contributed by atoms with Gasteiger partial charge in [-0.15, -0.1) is 10.2 Å². The third-order valence-electron chi connectivity index (χ3n) is 6.54. The fourth-order valence-electron chi connectivity index (χ4n) is 4.96. The highest BCUT2D eigenvalue weighted by atomic mass is 35.5. The van der Waals surface area contributed by atoms with Crippen LogP contribution in [-0.4, -0.2) is 51.9 Å². The second kappa shape index (κ2) is 7.92. The number of halogens is 2. The fraction of sp³-hybridized carbons (Fsp3) is 0.455. The van der Waals surface area contributed by atoms with Gasteiger partial charge >= 0.3 is 0 Å². The molecule has 2 fully saturated rings. The second-order valence-corrected chi connectivity index (χ2v) is 8.48. The number of fused-ring (bicyclic) bond motifs is 1. The van der Waals surface area contributed by atoms with Gasteiger partial charge in [-0.25, -0.2) is 4.39 Å². The first-order chi connectivity index (χ1) is 14.2. The summed E-state index contributed by atoms with van der Waals surface area (Å²) >= 11 is 5.84. The Labute approximate surface area is 175 Å². The Morgan fingerprint density at radius 3 is 2.34 bits per heavy atom. The third kappa shape index (κ3) is 3.71. The number of hydrogen-bond donors (Lipinski definition) is 0. The van der Waals surface area contributed by atoms with E-state index in [-0.39, 0.29) is 5.82 Å². The fourth-order valence-corrected chi connectivity index (χ4v) is 5.07. The molecular weight excluding hydrogens is 389 g/mol. The Bertz CT molecular complexity index is 973. The number of nitrogens with zero attached hydrogens (tertiary/aromatic N) is 5. The predicted octanol–water partition coefficient (Wildman–Crippen LogP) is 4.53. The number of rotatable bonds is 3. The molecule has 0 radical (unpaired) electrons. The van der Waals surface area contributed by atoms with Crippen LogP contribution < -0.4 is 4.90 Å². The molecule has 152 valence electrons. The topological polar surface area (TPSA) is 37.2 Å². The first kappa shape index (κ1) is 18.8. The molecule has 2 aliphatic rings. The molecule has 1 aromatic carbocycles. The van der Waals surface area contributed by atoms with Crippen LogP contribution in [0.15, 0.2) is 42.6 Å². The van der Waals surface area contributed by atoms with Crippen molar-refractivity contribution in [3.8, 4) is 0 Å². The van der Waals surface area contributed by atoms with Crippen LogP contribution in [0.4, 0.5) is 10.2 Å². The van der Waals surface area contributed by atoms with Crippen molar-refractivity contribution in [3.05, 3.63) is 53.6 Å². The molecule has 1 saturated carbocycles. The molecule has 5 rings (SSSR count). The Morgan fingerprint density at radius 2 is 1.62 bits per heavy atom. The van der Waals surface area contributed by atoms with Crippen LogP contribution in [0.2, 0.25) is 5.15 Å². The average Bonchev–Trinajstić information content (AvgIpc) is 3.20. The quantitative estimate of drug-likeness (QED) is 0.632. The van der Waals surface area contributed by atoms with Gasteiger partial charge in [-0.1, -0.05) is 17.7 Å². The molecule has 0 amide bonds. The van der Waals surface area contributed by atoms with Gasteiger partial charge in [0.1, 0.15) is 5.82 Å². The summed E-state index contributed by atoms with van der Waals surface area (Å²) in [5.41, 5.74) is 1.02. The smallest absolute Gasteiger partial charge is 0.151 e. The van der Waals surface area contributed by atoms with Gasteiger partial charge in [0.15, 0.2) is 11.0 Å². The van der Waals surface area contributed by atoms with Crippen molar-refractivity contribution in [1.82, 2.24) is 19.7 Å². The van der Waals surface area contributed by atoms with Crippen LogP contribution >= 0.6 is 11.6 Å². The standard InChI is InChI=1S/C22H25ClFN5/c23-21-8-9-22(26-25-21)28-14-12-27(13-15-28)16-4-6-17(7-5-16)29-11-10-18-19(24)2-1-3-20(18)29/h1-3,8-11,16-17H,4-7,12-15H2. The number of benzene rings is 1. The van der Waals surface area contributed by atoms with Crippen molar-refractivity contribution in [2.45, 2.75) is 37.8 Å². The first-order valence-corrected chi connectivity index (χ1v) is 10.8. The van der Waals surface area contributed by atoms with E-state index < -0.39 is 0 Å². The highest BCUT2D eigenvalue weighted by Gasteiger charge is 2.29. The Kier molecular flexibility index (Phi) is 5.14. The van der Waals surface area contributed by atoms with E-state index >= 15 is 0 Å². The molecule has 0 atom stereocenters. The van der Waals surface area contributed by atoms with E-state index in [4.69, 9.17) is 11.6 Å². The average molecular weight is 414 g/mol. The summed E-state index contributed by atoms with van der Waals surface area (Å²) in [6, 6.07) is 12.1. The minimum absolute atomic E-state index is 0.127. The van der Waals surface area contributed by atoms with Gasteiger partial charge in [-0.3, -0.25) is 4.90 Å². The SMILES string of the molecule is Fc1cccc2c1ccn2C1CCC(N2CCN(c3ccc(Cl)nn3)CC2)CC1. The van der Waals surface area contributed by atoms with Crippen LogP contribution in [0, 0.1) is 5.82 Å². The largest absolute Gasteiger partial charge is 0.353 e. The van der Waals surface area contributed by atoms with Crippen molar-refractivity contribution >= 4 is 28.3 Å². The molecule has 29 heavy (non-hydrogen) atoms. The lowest BCUT2D eigenvalue weighted by atomic mass is 9.89. The van der Waals surface area contributed by atoms with E-state index in [1.165, 1.54) is 12.8 Å². The summed E-state index contributed by atoms with van der Waals surface area (Å²) < 4.78 is 16.3. The molecule has 3 aromatic rings. The minimum atomic E-state index is -0.127. The van der Waals surface area contributed by atoms with E-state index in [9.17, 15) is 4.39 Å². The second-order valence-electron chi connectivity index (χ2n) is 8.10. The Morgan fingerprint density at radius 1 is 0.862 bits per heavy atom. The van der Waals surface area contributed by atoms with Crippen molar-refractivity contribution in [3.63, 3.8) is 0 Å². The molecule has 2 aromatic heterocycles. The summed E-state index contributed by atoms with van der Waals surface area (Å²) in [5, 5.41) is 9.33. The van der Waals surface area contributed by atoms with Crippen LogP contribution in [0.1, 0.15) is 31.7 Å². The predicted molar refractivity (Wildman–Crippen MR) is 114 cm³/mol. The van der Waals surface area contributed by atoms with E-state index in [1.807, 2.05) is 24.3 Å². The maximum Gasteiger partial charge on any atom is 0.151 e. The zero-order valence-electron chi connectivity index (χ0n) is 16.3. The maximum atomic E-state index is 14.0. The van der Waals surface area contributed by atoms with E-state index in [0.717, 1.165) is 55.7 Å². The summed E-state index contributed by atoms with van der Waals surface area (Å²) in [6.45, 7) is 4.05. The van der Waals surface area contributed by atoms with Crippen molar-refractivity contribution in [2.24, 2.45) is 0 Å². The molecular formula is C22H25ClFN5. The monoisotopic (exact) mass is 413 g/mol. The van der Waals surface area contributed by atoms with Crippen molar-refractivity contribution in [1.29, 1.82) is 0 Å². The molecule has 0 N–H and O–H groups in total. The summed E-state index contributed by atoms with van der Waals surface area (Å²) in [4.78, 5) is 4.91. The van der Waals surface area contributed by atoms with Crippen molar-refractivity contribution in [2.75, 3.05) is 31.1 Å². The van der Waals surface area contributed by atoms with Gasteiger partial charge in [-0.05, 0) is 56.0 Å². The van der Waals surface area contributed by atoms with Gasteiger partial charge in [0.25, 0.3) is 0 Å². The van der Waals surface area contributed by atoms with Gasteiger partial charge < -0.3 is 9.47 Å². The zero-order chi connectivity index (χ0) is 19.8. The zero-order valence-corrected chi connectivity index (χ0v) is 17.1. The summed E-state index contributed by atoms with van der Waals surface area (Å²) in [7, 11) is 0. The van der Waals surface area contributed by atoms with Gasteiger partial charge in [0, 0.05) is 49.8 Å². The lowest BCUT2D eigenvalue weighted by molar-refractivity contribution is 0.131. The maximum absolute atomic E-state index is 14.0. The molecule has 1 aliphatic heterocycles. The lowest BCUT2D eigenvalue weighted by Crippen LogP contribution is -2.51. The van der Waals surface area contributed by atoms with Crippen LogP contribution in [-0.2, 0) is 0 Å². The number of anilines is 1. The highest BCUT2D eigenvalue weighted by molar-refractivity contribution is 6.29. The molecule has 1 aliphatic carbocycles. The molecule has 1 saturated heterocycles. The molecule has 0 unspecified atom stereocenters. The van der Waals surface area contributed by atoms with Crippen LogP contribution in [0.5, 0.6) is 0 Å². The summed E-state index contributed by atoms with van der Waals surface area (Å²) in [5.74, 6) is 0.780. The summed E-state index contributed by atoms with van der Waals surface area (Å²) in [6.07, 6.45) is 6.74. The normalized spacial score (nSPS) is 23.6. The minimum Gasteiger partial charge on any atom is -0.353 e. The number of hydrogen-bond acceptors (Lipinski definition) is 4. The van der Waals surface area contributed by atoms with E-state index in [2.05, 4.69) is 30.8 Å². The van der Waals surface area contributed by atoms with Gasteiger partial charge in [-0.2, -0.15) is 0 Å². The Hall–Kier alpha value is -2.18.